The molecule has 2 amide bonds. The summed E-state index contributed by atoms with van der Waals surface area (Å²) in [5, 5.41) is 11.8. The quantitative estimate of drug-likeness (QED) is 0.285. The zero-order valence-corrected chi connectivity index (χ0v) is 20.0. The van der Waals surface area contributed by atoms with Crippen molar-refractivity contribution in [1.29, 1.82) is 0 Å². The molecule has 0 aromatic carbocycles. The molecule has 1 atom stereocenters. The molecule has 0 saturated heterocycles. The van der Waals surface area contributed by atoms with Crippen molar-refractivity contribution in [2.75, 3.05) is 18.5 Å². The van der Waals surface area contributed by atoms with Crippen molar-refractivity contribution in [2.45, 2.75) is 25.7 Å². The summed E-state index contributed by atoms with van der Waals surface area (Å²) in [5.74, 6) is -1.48. The van der Waals surface area contributed by atoms with E-state index in [9.17, 15) is 27.2 Å². The average Bonchev–Trinajstić information content (AvgIpc) is 3.42. The monoisotopic (exact) mass is 533 g/mol. The zero-order chi connectivity index (χ0) is 25.8. The van der Waals surface area contributed by atoms with E-state index in [2.05, 4.69) is 31.0 Å². The van der Waals surface area contributed by atoms with Gasteiger partial charge in [0.15, 0.2) is 0 Å². The molecule has 0 aliphatic carbocycles. The molecule has 188 valence electrons. The molecule has 1 unspecified atom stereocenters. The smallest absolute Gasteiger partial charge is 0.343 e. The van der Waals surface area contributed by atoms with Crippen LogP contribution in [0.4, 0.5) is 23.4 Å². The van der Waals surface area contributed by atoms with Crippen molar-refractivity contribution in [3.8, 4) is 0 Å². The second kappa shape index (κ2) is 11.1. The SMILES string of the molecule is CC(NC(=O)c1cnn(C)c1CNCCF)c1ncc(C(=O)Nc2cc(C(F)(F)F)c(Cl)cn2)s1. The largest absolute Gasteiger partial charge is 0.418 e. The minimum Gasteiger partial charge on any atom is -0.343 e. The maximum Gasteiger partial charge on any atom is 0.418 e. The van der Waals surface area contributed by atoms with Crippen LogP contribution in [0.3, 0.4) is 0 Å². The third kappa shape index (κ3) is 6.52. The van der Waals surface area contributed by atoms with Crippen LogP contribution in [0.1, 0.15) is 49.3 Å². The Bertz CT molecular complexity index is 1210. The number of nitrogens with zero attached hydrogens (tertiary/aromatic N) is 4. The fourth-order valence-electron chi connectivity index (χ4n) is 2.97. The molecule has 3 heterocycles. The van der Waals surface area contributed by atoms with Crippen molar-refractivity contribution >= 4 is 40.6 Å². The van der Waals surface area contributed by atoms with Gasteiger partial charge in [0.05, 0.1) is 40.3 Å². The Morgan fingerprint density at radius 1 is 1.20 bits per heavy atom. The van der Waals surface area contributed by atoms with Gasteiger partial charge in [0.1, 0.15) is 22.4 Å². The highest BCUT2D eigenvalue weighted by Gasteiger charge is 2.34. The lowest BCUT2D eigenvalue weighted by molar-refractivity contribution is -0.137. The first-order chi connectivity index (χ1) is 16.5. The second-order valence-electron chi connectivity index (χ2n) is 7.25. The molecule has 0 radical (unpaired) electrons. The number of amides is 2. The summed E-state index contributed by atoms with van der Waals surface area (Å²) in [4.78, 5) is 33.2. The highest BCUT2D eigenvalue weighted by atomic mass is 35.5. The number of anilines is 1. The van der Waals surface area contributed by atoms with Gasteiger partial charge in [-0.3, -0.25) is 14.3 Å². The number of hydrogen-bond acceptors (Lipinski definition) is 7. The number of thiazole rings is 1. The van der Waals surface area contributed by atoms with E-state index in [-0.39, 0.29) is 23.8 Å². The molecule has 0 aliphatic rings. The predicted molar refractivity (Wildman–Crippen MR) is 121 cm³/mol. The Hall–Kier alpha value is -3.10. The maximum absolute atomic E-state index is 13.0. The molecule has 0 saturated carbocycles. The van der Waals surface area contributed by atoms with Gasteiger partial charge in [0, 0.05) is 26.3 Å². The van der Waals surface area contributed by atoms with E-state index in [4.69, 9.17) is 11.6 Å². The van der Waals surface area contributed by atoms with Crippen LogP contribution in [0.2, 0.25) is 5.02 Å². The van der Waals surface area contributed by atoms with E-state index >= 15 is 0 Å². The Balaban J connectivity index is 1.67. The second-order valence-corrected chi connectivity index (χ2v) is 8.72. The van der Waals surface area contributed by atoms with Gasteiger partial charge < -0.3 is 16.0 Å². The molecule has 0 fully saturated rings. The van der Waals surface area contributed by atoms with Crippen LogP contribution in [0.15, 0.2) is 24.7 Å². The Morgan fingerprint density at radius 2 is 1.94 bits per heavy atom. The van der Waals surface area contributed by atoms with E-state index in [0.717, 1.165) is 17.5 Å². The zero-order valence-electron chi connectivity index (χ0n) is 18.4. The van der Waals surface area contributed by atoms with Crippen molar-refractivity contribution in [2.24, 2.45) is 7.05 Å². The lowest BCUT2D eigenvalue weighted by Crippen LogP contribution is -2.28. The third-order valence-electron chi connectivity index (χ3n) is 4.74. The minimum absolute atomic E-state index is 0.101. The highest BCUT2D eigenvalue weighted by molar-refractivity contribution is 7.13. The number of nitrogens with one attached hydrogen (secondary N) is 3. The molecule has 3 aromatic heterocycles. The first-order valence-corrected chi connectivity index (χ1v) is 11.3. The van der Waals surface area contributed by atoms with Crippen LogP contribution in [0, 0.1) is 0 Å². The molecule has 9 nitrogen and oxygen atoms in total. The molecule has 0 bridgehead atoms. The van der Waals surface area contributed by atoms with Gasteiger partial charge in [-0.2, -0.15) is 18.3 Å². The van der Waals surface area contributed by atoms with E-state index in [1.165, 1.54) is 17.1 Å². The Morgan fingerprint density at radius 3 is 2.63 bits per heavy atom. The number of aromatic nitrogens is 4. The van der Waals surface area contributed by atoms with Crippen LogP contribution in [-0.2, 0) is 19.8 Å². The molecule has 35 heavy (non-hydrogen) atoms. The molecule has 0 aliphatic heterocycles. The average molecular weight is 534 g/mol. The number of hydrogen-bond donors (Lipinski definition) is 3. The van der Waals surface area contributed by atoms with Crippen LogP contribution < -0.4 is 16.0 Å². The lowest BCUT2D eigenvalue weighted by atomic mass is 10.2. The molecule has 15 heteroatoms. The summed E-state index contributed by atoms with van der Waals surface area (Å²) in [6.07, 6.45) is -1.27. The van der Waals surface area contributed by atoms with Crippen molar-refractivity contribution < 1.29 is 27.2 Å². The first-order valence-electron chi connectivity index (χ1n) is 10.1. The number of alkyl halides is 4. The van der Waals surface area contributed by atoms with E-state index in [1.54, 1.807) is 14.0 Å². The maximum atomic E-state index is 13.0. The van der Waals surface area contributed by atoms with Gasteiger partial charge in [-0.25, -0.2) is 14.4 Å². The Labute approximate surface area is 205 Å². The predicted octanol–water partition coefficient (Wildman–Crippen LogP) is 3.75. The number of pyridine rings is 1. The van der Waals surface area contributed by atoms with Crippen molar-refractivity contribution in [3.05, 3.63) is 56.4 Å². The minimum atomic E-state index is -4.71. The van der Waals surface area contributed by atoms with Gasteiger partial charge in [-0.05, 0) is 13.0 Å². The fourth-order valence-corrected chi connectivity index (χ4v) is 3.99. The number of rotatable bonds is 9. The standard InChI is InChI=1S/C20H20ClF4N7O2S/c1-10(30-17(33)11-6-29-32(2)14(11)8-26-4-3-22)19-28-9-15(35-19)18(34)31-16-5-12(20(23,24)25)13(21)7-27-16/h5-7,9-10,26H,3-4,8H2,1-2H3,(H,30,33)(H,27,31,34). The molecule has 3 N–H and O–H groups in total. The number of aryl methyl sites for hydroxylation is 1. The van der Waals surface area contributed by atoms with Crippen molar-refractivity contribution in [3.63, 3.8) is 0 Å². The summed E-state index contributed by atoms with van der Waals surface area (Å²) in [6, 6.07) is 0.0465. The molecular formula is C20H20ClF4N7O2S. The van der Waals surface area contributed by atoms with Crippen LogP contribution >= 0.6 is 22.9 Å². The first kappa shape index (κ1) is 26.5. The van der Waals surface area contributed by atoms with Crippen molar-refractivity contribution in [1.82, 2.24) is 30.4 Å². The van der Waals surface area contributed by atoms with Crippen LogP contribution in [-0.4, -0.2) is 44.8 Å². The third-order valence-corrected chi connectivity index (χ3v) is 6.22. The number of carbonyl (C=O) groups excluding carboxylic acids is 2. The highest BCUT2D eigenvalue weighted by Crippen LogP contribution is 2.35. The summed E-state index contributed by atoms with van der Waals surface area (Å²) in [6.45, 7) is 1.49. The van der Waals surface area contributed by atoms with Crippen LogP contribution in [0.5, 0.6) is 0 Å². The summed E-state index contributed by atoms with van der Waals surface area (Å²) in [5.41, 5.74) is -0.258. The molecular weight excluding hydrogens is 514 g/mol. The Kier molecular flexibility index (Phi) is 8.40. The molecule has 3 aromatic rings. The topological polar surface area (TPSA) is 114 Å². The molecule has 0 spiro atoms. The number of carbonyl (C=O) groups is 2. The summed E-state index contributed by atoms with van der Waals surface area (Å²) >= 11 is 6.50. The van der Waals surface area contributed by atoms with Gasteiger partial charge in [0.25, 0.3) is 11.8 Å². The van der Waals surface area contributed by atoms with Gasteiger partial charge >= 0.3 is 6.18 Å². The van der Waals surface area contributed by atoms with E-state index < -0.39 is 41.3 Å². The molecule has 3 rings (SSSR count). The van der Waals surface area contributed by atoms with Gasteiger partial charge in [-0.1, -0.05) is 11.6 Å². The fraction of sp³-hybridized carbons (Fsp3) is 0.350. The van der Waals surface area contributed by atoms with Gasteiger partial charge in [-0.15, -0.1) is 11.3 Å². The van der Waals surface area contributed by atoms with E-state index in [1.807, 2.05) is 0 Å². The van der Waals surface area contributed by atoms with Gasteiger partial charge in [0.2, 0.25) is 0 Å². The van der Waals surface area contributed by atoms with Crippen LogP contribution in [0.25, 0.3) is 0 Å². The normalized spacial score (nSPS) is 12.4. The number of halogens is 5. The lowest BCUT2D eigenvalue weighted by Gasteiger charge is -2.12. The van der Waals surface area contributed by atoms with E-state index in [0.29, 0.717) is 22.3 Å². The summed E-state index contributed by atoms with van der Waals surface area (Å²) in [7, 11) is 1.66. The summed E-state index contributed by atoms with van der Waals surface area (Å²) < 4.78 is 52.9.